The topological polar surface area (TPSA) is 79.2 Å². The van der Waals surface area contributed by atoms with Crippen LogP contribution in [0.3, 0.4) is 0 Å². The Labute approximate surface area is 132 Å². The molecule has 2 atom stereocenters. The lowest BCUT2D eigenvalue weighted by molar-refractivity contribution is -0.141. The summed E-state index contributed by atoms with van der Waals surface area (Å²) >= 11 is 1.56. The van der Waals surface area contributed by atoms with E-state index in [0.29, 0.717) is 13.1 Å². The molecule has 6 nitrogen and oxygen atoms in total. The quantitative estimate of drug-likeness (QED) is 0.910. The standard InChI is InChI=1S/C15H18N4O2S/c1-2-3-13-17-18-15(22-13)19-8-11(12(9-19)14(20)21)10-4-6-16-7-5-10/h4-7,11-12H,2-3,8-9H2,1H3,(H,20,21)/t11-,12+/m1/s1. The molecule has 2 aromatic rings. The maximum Gasteiger partial charge on any atom is 0.308 e. The van der Waals surface area contributed by atoms with Crippen molar-refractivity contribution < 1.29 is 9.90 Å². The summed E-state index contributed by atoms with van der Waals surface area (Å²) in [6.45, 7) is 3.24. The molecule has 0 saturated carbocycles. The molecule has 0 bridgehead atoms. The number of pyridine rings is 1. The molecular formula is C15H18N4O2S. The first-order valence-electron chi connectivity index (χ1n) is 7.39. The van der Waals surface area contributed by atoms with Crippen LogP contribution in [-0.2, 0) is 11.2 Å². The second-order valence-corrected chi connectivity index (χ2v) is 6.51. The second kappa shape index (κ2) is 6.39. The van der Waals surface area contributed by atoms with Gasteiger partial charge in [-0.2, -0.15) is 0 Å². The summed E-state index contributed by atoms with van der Waals surface area (Å²) in [5.74, 6) is -1.23. The summed E-state index contributed by atoms with van der Waals surface area (Å²) < 4.78 is 0. The van der Waals surface area contributed by atoms with Crippen LogP contribution in [0.1, 0.15) is 29.8 Å². The van der Waals surface area contributed by atoms with Gasteiger partial charge in [-0.1, -0.05) is 18.3 Å². The highest BCUT2D eigenvalue weighted by molar-refractivity contribution is 7.15. The van der Waals surface area contributed by atoms with Gasteiger partial charge in [0.1, 0.15) is 5.01 Å². The zero-order chi connectivity index (χ0) is 15.5. The largest absolute Gasteiger partial charge is 0.481 e. The number of hydrogen-bond acceptors (Lipinski definition) is 6. The maximum atomic E-state index is 11.6. The number of rotatable bonds is 5. The van der Waals surface area contributed by atoms with E-state index in [1.165, 1.54) is 0 Å². The van der Waals surface area contributed by atoms with Gasteiger partial charge in [0.2, 0.25) is 5.13 Å². The van der Waals surface area contributed by atoms with Crippen molar-refractivity contribution in [3.8, 4) is 0 Å². The summed E-state index contributed by atoms with van der Waals surface area (Å²) in [6.07, 6.45) is 5.37. The molecule has 7 heteroatoms. The smallest absolute Gasteiger partial charge is 0.308 e. The van der Waals surface area contributed by atoms with Gasteiger partial charge in [0, 0.05) is 37.8 Å². The van der Waals surface area contributed by atoms with Crippen LogP contribution in [0, 0.1) is 5.92 Å². The van der Waals surface area contributed by atoms with E-state index in [-0.39, 0.29) is 5.92 Å². The van der Waals surface area contributed by atoms with Crippen LogP contribution in [-0.4, -0.2) is 39.3 Å². The Morgan fingerprint density at radius 3 is 2.82 bits per heavy atom. The first kappa shape index (κ1) is 14.9. The average Bonchev–Trinajstić information content (AvgIpc) is 3.15. The van der Waals surface area contributed by atoms with Crippen molar-refractivity contribution >= 4 is 22.4 Å². The fourth-order valence-electron chi connectivity index (χ4n) is 2.85. The van der Waals surface area contributed by atoms with Crippen molar-refractivity contribution in [1.82, 2.24) is 15.2 Å². The molecule has 0 aliphatic carbocycles. The monoisotopic (exact) mass is 318 g/mol. The van der Waals surface area contributed by atoms with Crippen LogP contribution in [0.5, 0.6) is 0 Å². The maximum absolute atomic E-state index is 11.6. The number of aliphatic carboxylic acids is 1. The third kappa shape index (κ3) is 2.94. The minimum absolute atomic E-state index is 0.0426. The second-order valence-electron chi connectivity index (χ2n) is 5.47. The molecule has 2 aromatic heterocycles. The highest BCUT2D eigenvalue weighted by atomic mass is 32.1. The van der Waals surface area contributed by atoms with E-state index in [0.717, 1.165) is 28.5 Å². The van der Waals surface area contributed by atoms with E-state index in [4.69, 9.17) is 0 Å². The molecule has 22 heavy (non-hydrogen) atoms. The first-order valence-corrected chi connectivity index (χ1v) is 8.20. The van der Waals surface area contributed by atoms with E-state index >= 15 is 0 Å². The van der Waals surface area contributed by atoms with E-state index in [2.05, 4.69) is 22.1 Å². The zero-order valence-corrected chi connectivity index (χ0v) is 13.2. The van der Waals surface area contributed by atoms with Gasteiger partial charge in [0.15, 0.2) is 0 Å². The molecule has 0 unspecified atom stereocenters. The summed E-state index contributed by atoms with van der Waals surface area (Å²) in [5.41, 5.74) is 1.02. The number of nitrogens with zero attached hydrogens (tertiary/aromatic N) is 4. The van der Waals surface area contributed by atoms with Gasteiger partial charge in [-0.25, -0.2) is 0 Å². The van der Waals surface area contributed by atoms with Crippen LogP contribution in [0.2, 0.25) is 0 Å². The Morgan fingerprint density at radius 2 is 2.14 bits per heavy atom. The SMILES string of the molecule is CCCc1nnc(N2C[C@H](C(=O)O)[C@@H](c3ccncc3)C2)s1. The molecule has 0 spiro atoms. The third-order valence-corrected chi connectivity index (χ3v) is 5.01. The molecule has 3 heterocycles. The highest BCUT2D eigenvalue weighted by Gasteiger charge is 2.39. The molecule has 1 aliphatic rings. The van der Waals surface area contributed by atoms with Gasteiger partial charge < -0.3 is 10.0 Å². The Bertz CT molecular complexity index is 646. The van der Waals surface area contributed by atoms with Crippen LogP contribution in [0.25, 0.3) is 0 Å². The number of carboxylic acids is 1. The van der Waals surface area contributed by atoms with Crippen LogP contribution in [0.15, 0.2) is 24.5 Å². The van der Waals surface area contributed by atoms with Gasteiger partial charge in [0.25, 0.3) is 0 Å². The van der Waals surface area contributed by atoms with Crippen LogP contribution >= 0.6 is 11.3 Å². The normalized spacial score (nSPS) is 21.2. The first-order chi connectivity index (χ1) is 10.7. The predicted octanol–water partition coefficient (Wildman–Crippen LogP) is 2.19. The molecule has 0 amide bonds. The van der Waals surface area contributed by atoms with E-state index in [1.807, 2.05) is 17.0 Å². The van der Waals surface area contributed by atoms with Crippen molar-refractivity contribution in [2.24, 2.45) is 5.92 Å². The van der Waals surface area contributed by atoms with Gasteiger partial charge in [-0.15, -0.1) is 10.2 Å². The molecule has 1 fully saturated rings. The van der Waals surface area contributed by atoms with Crippen molar-refractivity contribution in [2.45, 2.75) is 25.7 Å². The third-order valence-electron chi connectivity index (χ3n) is 3.96. The predicted molar refractivity (Wildman–Crippen MR) is 84.2 cm³/mol. The molecule has 0 radical (unpaired) electrons. The summed E-state index contributed by atoms with van der Waals surface area (Å²) in [5, 5.41) is 19.8. The lowest BCUT2D eigenvalue weighted by Gasteiger charge is -2.14. The highest BCUT2D eigenvalue weighted by Crippen LogP contribution is 2.36. The minimum Gasteiger partial charge on any atom is -0.481 e. The minimum atomic E-state index is -0.761. The molecule has 1 saturated heterocycles. The summed E-state index contributed by atoms with van der Waals surface area (Å²) in [7, 11) is 0. The molecule has 0 aromatic carbocycles. The zero-order valence-electron chi connectivity index (χ0n) is 12.3. The van der Waals surface area contributed by atoms with Gasteiger partial charge in [0.05, 0.1) is 5.92 Å². The Balaban J connectivity index is 1.82. The molecule has 116 valence electrons. The fraction of sp³-hybridized carbons (Fsp3) is 0.467. The van der Waals surface area contributed by atoms with Gasteiger partial charge in [-0.3, -0.25) is 9.78 Å². The number of carboxylic acid groups (broad SMARTS) is 1. The Hall–Kier alpha value is -2.02. The van der Waals surface area contributed by atoms with Gasteiger partial charge in [-0.05, 0) is 24.1 Å². The van der Waals surface area contributed by atoms with Crippen LogP contribution in [0.4, 0.5) is 5.13 Å². The van der Waals surface area contributed by atoms with E-state index in [9.17, 15) is 9.90 Å². The van der Waals surface area contributed by atoms with Crippen molar-refractivity contribution in [1.29, 1.82) is 0 Å². The molecular weight excluding hydrogens is 300 g/mol. The summed E-state index contributed by atoms with van der Waals surface area (Å²) in [4.78, 5) is 17.6. The number of hydrogen-bond donors (Lipinski definition) is 1. The molecule has 3 rings (SSSR count). The number of aryl methyl sites for hydroxylation is 1. The van der Waals surface area contributed by atoms with Crippen molar-refractivity contribution in [2.75, 3.05) is 18.0 Å². The van der Waals surface area contributed by atoms with Crippen molar-refractivity contribution in [3.63, 3.8) is 0 Å². The van der Waals surface area contributed by atoms with Gasteiger partial charge >= 0.3 is 5.97 Å². The lowest BCUT2D eigenvalue weighted by atomic mass is 9.90. The Kier molecular flexibility index (Phi) is 4.33. The lowest BCUT2D eigenvalue weighted by Crippen LogP contribution is -2.23. The molecule has 1 N–H and O–H groups in total. The molecule has 1 aliphatic heterocycles. The van der Waals surface area contributed by atoms with E-state index in [1.54, 1.807) is 23.7 Å². The fourth-order valence-corrected chi connectivity index (χ4v) is 3.80. The van der Waals surface area contributed by atoms with E-state index < -0.39 is 11.9 Å². The average molecular weight is 318 g/mol. The van der Waals surface area contributed by atoms with Crippen molar-refractivity contribution in [3.05, 3.63) is 35.1 Å². The number of anilines is 1. The number of carbonyl (C=O) groups is 1. The Morgan fingerprint density at radius 1 is 1.36 bits per heavy atom. The number of aromatic nitrogens is 3. The summed E-state index contributed by atoms with van der Waals surface area (Å²) in [6, 6.07) is 3.79. The van der Waals surface area contributed by atoms with Crippen LogP contribution < -0.4 is 4.90 Å².